The van der Waals surface area contributed by atoms with Gasteiger partial charge in [0.15, 0.2) is 0 Å². The Labute approximate surface area is 129 Å². The van der Waals surface area contributed by atoms with Crippen LogP contribution >= 0.6 is 0 Å². The molecule has 0 aliphatic rings. The van der Waals surface area contributed by atoms with Crippen LogP contribution in [0, 0.1) is 0 Å². The molecule has 0 saturated carbocycles. The number of nitrogens with zero attached hydrogens (tertiary/aromatic N) is 1. The van der Waals surface area contributed by atoms with Gasteiger partial charge in [-0.3, -0.25) is 4.79 Å². The summed E-state index contributed by atoms with van der Waals surface area (Å²) < 4.78 is 67.8. The van der Waals surface area contributed by atoms with Crippen LogP contribution < -0.4 is 0 Å². The Balaban J connectivity index is 3.46. The van der Waals surface area contributed by atoms with E-state index in [1.807, 2.05) is 0 Å². The second-order valence-corrected chi connectivity index (χ2v) is 6.40. The first-order valence-electron chi connectivity index (χ1n) is 5.89. The van der Waals surface area contributed by atoms with Gasteiger partial charge in [-0.1, -0.05) is 0 Å². The van der Waals surface area contributed by atoms with Crippen molar-refractivity contribution in [3.63, 3.8) is 0 Å². The van der Waals surface area contributed by atoms with E-state index in [2.05, 4.69) is 4.74 Å². The fraction of sp³-hybridized carbons (Fsp3) is 0.333. The highest BCUT2D eigenvalue weighted by atomic mass is 32.2. The zero-order valence-electron chi connectivity index (χ0n) is 11.9. The third kappa shape index (κ3) is 4.20. The van der Waals surface area contributed by atoms with E-state index in [4.69, 9.17) is 5.11 Å². The molecule has 128 valence electrons. The average Bonchev–Trinajstić information content (AvgIpc) is 2.44. The number of sulfonamides is 1. The lowest BCUT2D eigenvalue weighted by atomic mass is 10.1. The van der Waals surface area contributed by atoms with Crippen molar-refractivity contribution >= 4 is 22.0 Å². The van der Waals surface area contributed by atoms with Crippen LogP contribution in [0.3, 0.4) is 0 Å². The summed E-state index contributed by atoms with van der Waals surface area (Å²) in [6.07, 6.45) is -5.00. The molecule has 23 heavy (non-hydrogen) atoms. The Morgan fingerprint density at radius 2 is 1.87 bits per heavy atom. The number of halogens is 3. The van der Waals surface area contributed by atoms with Crippen LogP contribution in [0.15, 0.2) is 23.1 Å². The molecule has 0 aliphatic heterocycles. The van der Waals surface area contributed by atoms with Crippen molar-refractivity contribution < 1.29 is 41.0 Å². The van der Waals surface area contributed by atoms with Crippen LogP contribution in [0.1, 0.15) is 15.9 Å². The number of hydrogen-bond donors (Lipinski definition) is 1. The molecule has 0 saturated heterocycles. The van der Waals surface area contributed by atoms with Crippen LogP contribution in [-0.4, -0.2) is 50.5 Å². The third-order valence-electron chi connectivity index (χ3n) is 2.77. The van der Waals surface area contributed by atoms with Crippen molar-refractivity contribution in [1.82, 2.24) is 4.31 Å². The van der Waals surface area contributed by atoms with Crippen LogP contribution in [0.5, 0.6) is 0 Å². The number of likely N-dealkylation sites (N-methyl/N-ethyl adjacent to an activating group) is 1. The van der Waals surface area contributed by atoms with E-state index in [1.54, 1.807) is 0 Å². The zero-order valence-corrected chi connectivity index (χ0v) is 12.7. The summed E-state index contributed by atoms with van der Waals surface area (Å²) in [6, 6.07) is 1.70. The normalized spacial score (nSPS) is 12.3. The molecule has 0 aliphatic carbocycles. The maximum atomic E-state index is 13.0. The molecular weight excluding hydrogens is 343 g/mol. The molecule has 1 rings (SSSR count). The highest BCUT2D eigenvalue weighted by Crippen LogP contribution is 2.34. The largest absolute Gasteiger partial charge is 0.480 e. The Kier molecular flexibility index (Phi) is 5.38. The van der Waals surface area contributed by atoms with Crippen LogP contribution in [0.2, 0.25) is 0 Å². The predicted octanol–water partition coefficient (Wildman–Crippen LogP) is 1.20. The number of carbonyl (C=O) groups excluding carboxylic acids is 1. The molecule has 11 heteroatoms. The quantitative estimate of drug-likeness (QED) is 0.797. The summed E-state index contributed by atoms with van der Waals surface area (Å²) >= 11 is 0. The van der Waals surface area contributed by atoms with E-state index in [0.29, 0.717) is 10.4 Å². The van der Waals surface area contributed by atoms with E-state index in [1.165, 1.54) is 0 Å². The lowest BCUT2D eigenvalue weighted by Crippen LogP contribution is -2.32. The number of aliphatic carboxylic acids is 1. The third-order valence-corrected chi connectivity index (χ3v) is 4.57. The SMILES string of the molecule is COC(=O)c1ccc(S(=O)(=O)N(C)CC(=O)O)cc1C(F)(F)F. The highest BCUT2D eigenvalue weighted by Gasteiger charge is 2.37. The summed E-state index contributed by atoms with van der Waals surface area (Å²) in [4.78, 5) is 21.1. The van der Waals surface area contributed by atoms with Gasteiger partial charge in [-0.15, -0.1) is 0 Å². The van der Waals surface area contributed by atoms with Crippen molar-refractivity contribution in [2.75, 3.05) is 20.7 Å². The van der Waals surface area contributed by atoms with Crippen molar-refractivity contribution in [1.29, 1.82) is 0 Å². The summed E-state index contributed by atoms with van der Waals surface area (Å²) in [5.41, 5.74) is -2.34. The molecule has 0 amide bonds. The van der Waals surface area contributed by atoms with Gasteiger partial charge in [0.25, 0.3) is 0 Å². The summed E-state index contributed by atoms with van der Waals surface area (Å²) in [5.74, 6) is -2.75. The minimum atomic E-state index is -5.00. The number of rotatable bonds is 5. The van der Waals surface area contributed by atoms with E-state index >= 15 is 0 Å². The van der Waals surface area contributed by atoms with Crippen molar-refractivity contribution in [3.8, 4) is 0 Å². The minimum absolute atomic E-state index is 0.264. The molecule has 0 aromatic heterocycles. The number of carbonyl (C=O) groups is 2. The number of ether oxygens (including phenoxy) is 1. The Hall–Kier alpha value is -2.14. The van der Waals surface area contributed by atoms with Gasteiger partial charge < -0.3 is 9.84 Å². The van der Waals surface area contributed by atoms with Crippen LogP contribution in [0.4, 0.5) is 13.2 Å². The van der Waals surface area contributed by atoms with Gasteiger partial charge in [0.1, 0.15) is 6.54 Å². The smallest absolute Gasteiger partial charge is 0.417 e. The lowest BCUT2D eigenvalue weighted by Gasteiger charge is -2.17. The van der Waals surface area contributed by atoms with E-state index in [-0.39, 0.29) is 6.07 Å². The van der Waals surface area contributed by atoms with Crippen LogP contribution in [-0.2, 0) is 25.7 Å². The molecule has 0 bridgehead atoms. The highest BCUT2D eigenvalue weighted by molar-refractivity contribution is 7.89. The summed E-state index contributed by atoms with van der Waals surface area (Å²) in [6.45, 7) is -0.928. The van der Waals surface area contributed by atoms with Gasteiger partial charge in [-0.2, -0.15) is 17.5 Å². The van der Waals surface area contributed by atoms with Crippen LogP contribution in [0.25, 0.3) is 0 Å². The Morgan fingerprint density at radius 3 is 2.30 bits per heavy atom. The number of esters is 1. The summed E-state index contributed by atoms with van der Waals surface area (Å²) in [5, 5.41) is 8.58. The topological polar surface area (TPSA) is 101 Å². The van der Waals surface area contributed by atoms with Gasteiger partial charge in [0, 0.05) is 7.05 Å². The van der Waals surface area contributed by atoms with E-state index in [0.717, 1.165) is 20.2 Å². The van der Waals surface area contributed by atoms with E-state index < -0.39 is 50.7 Å². The van der Waals surface area contributed by atoms with Gasteiger partial charge in [0.2, 0.25) is 10.0 Å². The second-order valence-electron chi connectivity index (χ2n) is 4.35. The first-order valence-corrected chi connectivity index (χ1v) is 7.33. The molecule has 0 heterocycles. The molecular formula is C12H12F3NO6S. The number of benzene rings is 1. The molecule has 1 aromatic rings. The first kappa shape index (κ1) is 18.9. The zero-order chi connectivity index (χ0) is 18.0. The minimum Gasteiger partial charge on any atom is -0.480 e. The molecule has 0 spiro atoms. The van der Waals surface area contributed by atoms with Gasteiger partial charge in [-0.25, -0.2) is 13.2 Å². The molecule has 0 unspecified atom stereocenters. The Morgan fingerprint density at radius 1 is 1.30 bits per heavy atom. The molecule has 0 fully saturated rings. The maximum absolute atomic E-state index is 13.0. The van der Waals surface area contributed by atoms with E-state index in [9.17, 15) is 31.2 Å². The first-order chi connectivity index (χ1) is 10.4. The number of methoxy groups -OCH3 is 1. The second kappa shape index (κ2) is 6.54. The van der Waals surface area contributed by atoms with Crippen molar-refractivity contribution in [2.45, 2.75) is 11.1 Å². The molecule has 7 nitrogen and oxygen atoms in total. The fourth-order valence-corrected chi connectivity index (χ4v) is 2.81. The monoisotopic (exact) mass is 355 g/mol. The molecule has 1 N–H and O–H groups in total. The van der Waals surface area contributed by atoms with Gasteiger partial charge in [-0.05, 0) is 18.2 Å². The Bertz CT molecular complexity index is 729. The molecule has 0 atom stereocenters. The fourth-order valence-electron chi connectivity index (χ4n) is 1.66. The molecule has 0 radical (unpaired) electrons. The number of alkyl halides is 3. The van der Waals surface area contributed by atoms with Gasteiger partial charge in [0.05, 0.1) is 23.1 Å². The maximum Gasteiger partial charge on any atom is 0.417 e. The number of carboxylic acid groups (broad SMARTS) is 1. The predicted molar refractivity (Wildman–Crippen MR) is 70.2 cm³/mol. The average molecular weight is 355 g/mol. The van der Waals surface area contributed by atoms with Crippen molar-refractivity contribution in [3.05, 3.63) is 29.3 Å². The number of hydrogen-bond acceptors (Lipinski definition) is 5. The standard InChI is InChI=1S/C12H12F3NO6S/c1-16(6-10(17)18)23(20,21)7-3-4-8(11(19)22-2)9(5-7)12(13,14)15/h3-5H,6H2,1-2H3,(H,17,18). The lowest BCUT2D eigenvalue weighted by molar-refractivity contribution is -0.138. The molecule has 1 aromatic carbocycles. The summed E-state index contributed by atoms with van der Waals surface area (Å²) in [7, 11) is -2.68. The number of carboxylic acids is 1. The van der Waals surface area contributed by atoms with Gasteiger partial charge >= 0.3 is 18.1 Å². The van der Waals surface area contributed by atoms with Crippen molar-refractivity contribution in [2.24, 2.45) is 0 Å².